The molecule has 0 saturated carbocycles. The van der Waals surface area contributed by atoms with Gasteiger partial charge in [0.2, 0.25) is 5.91 Å². The van der Waals surface area contributed by atoms with Crippen molar-refractivity contribution in [2.45, 2.75) is 31.3 Å². The number of nitrogens with zero attached hydrogens (tertiary/aromatic N) is 2. The van der Waals surface area contributed by atoms with Gasteiger partial charge in [0, 0.05) is 37.0 Å². The van der Waals surface area contributed by atoms with Crippen molar-refractivity contribution in [1.29, 1.82) is 0 Å². The van der Waals surface area contributed by atoms with Gasteiger partial charge >= 0.3 is 0 Å². The lowest BCUT2D eigenvalue weighted by Gasteiger charge is -2.25. The minimum Gasteiger partial charge on any atom is -0.315 e. The van der Waals surface area contributed by atoms with Gasteiger partial charge in [-0.15, -0.1) is 0 Å². The second-order valence-corrected chi connectivity index (χ2v) is 5.56. The standard InChI is InChI=1S/C14H17N3O3/c1-16(10-3-5-11(6-4-10)17(19)20)14(18)12-8-9-2-7-13(12)15-9/h3-6,9,12-13,15H,2,7-8H2,1H3. The molecule has 0 spiro atoms. The van der Waals surface area contributed by atoms with Crippen molar-refractivity contribution in [3.8, 4) is 0 Å². The van der Waals surface area contributed by atoms with E-state index in [0.717, 1.165) is 19.3 Å². The monoisotopic (exact) mass is 275 g/mol. The lowest BCUT2D eigenvalue weighted by Crippen LogP contribution is -2.38. The van der Waals surface area contributed by atoms with Crippen LogP contribution >= 0.6 is 0 Å². The van der Waals surface area contributed by atoms with Crippen LogP contribution in [0.25, 0.3) is 0 Å². The van der Waals surface area contributed by atoms with Crippen molar-refractivity contribution in [2.24, 2.45) is 5.92 Å². The second kappa shape index (κ2) is 4.86. The molecule has 6 nitrogen and oxygen atoms in total. The zero-order chi connectivity index (χ0) is 14.3. The smallest absolute Gasteiger partial charge is 0.269 e. The average Bonchev–Trinajstić information content (AvgIpc) is 3.08. The van der Waals surface area contributed by atoms with Crippen LogP contribution in [-0.2, 0) is 4.79 Å². The molecule has 1 N–H and O–H groups in total. The molecule has 0 radical (unpaired) electrons. The first kappa shape index (κ1) is 13.1. The van der Waals surface area contributed by atoms with E-state index >= 15 is 0 Å². The Morgan fingerprint density at radius 3 is 2.55 bits per heavy atom. The number of carbonyl (C=O) groups is 1. The molecule has 2 aliphatic rings. The predicted octanol–water partition coefficient (Wildman–Crippen LogP) is 1.70. The maximum Gasteiger partial charge on any atom is 0.269 e. The molecule has 106 valence electrons. The number of nitro benzene ring substituents is 1. The molecule has 1 aromatic carbocycles. The van der Waals surface area contributed by atoms with E-state index in [2.05, 4.69) is 5.32 Å². The van der Waals surface area contributed by atoms with E-state index in [9.17, 15) is 14.9 Å². The minimum absolute atomic E-state index is 0.0361. The van der Waals surface area contributed by atoms with E-state index in [1.54, 1.807) is 24.1 Å². The normalized spacial score (nSPS) is 27.6. The van der Waals surface area contributed by atoms with Crippen molar-refractivity contribution in [3.05, 3.63) is 34.4 Å². The van der Waals surface area contributed by atoms with Gasteiger partial charge < -0.3 is 10.2 Å². The van der Waals surface area contributed by atoms with Gasteiger partial charge in [-0.3, -0.25) is 14.9 Å². The Morgan fingerprint density at radius 1 is 1.35 bits per heavy atom. The zero-order valence-corrected chi connectivity index (χ0v) is 11.3. The van der Waals surface area contributed by atoms with Gasteiger partial charge in [0.05, 0.1) is 10.8 Å². The van der Waals surface area contributed by atoms with Gasteiger partial charge in [0.1, 0.15) is 0 Å². The number of amides is 1. The molecule has 6 heteroatoms. The first-order chi connectivity index (χ1) is 9.56. The third-order valence-electron chi connectivity index (χ3n) is 4.40. The SMILES string of the molecule is CN(C(=O)C1CC2CCC1N2)c1ccc([N+](=O)[O-])cc1. The highest BCUT2D eigenvalue weighted by atomic mass is 16.6. The summed E-state index contributed by atoms with van der Waals surface area (Å²) in [6.45, 7) is 0. The van der Waals surface area contributed by atoms with Crippen molar-refractivity contribution in [2.75, 3.05) is 11.9 Å². The van der Waals surface area contributed by atoms with Crippen molar-refractivity contribution < 1.29 is 9.72 Å². The summed E-state index contributed by atoms with van der Waals surface area (Å²) >= 11 is 0. The molecule has 2 saturated heterocycles. The zero-order valence-electron chi connectivity index (χ0n) is 11.3. The molecule has 3 atom stereocenters. The molecule has 2 aliphatic heterocycles. The summed E-state index contributed by atoms with van der Waals surface area (Å²) in [5, 5.41) is 14.1. The van der Waals surface area contributed by atoms with Crippen molar-refractivity contribution in [3.63, 3.8) is 0 Å². The molecule has 1 amide bonds. The second-order valence-electron chi connectivity index (χ2n) is 5.56. The van der Waals surface area contributed by atoms with Gasteiger partial charge in [-0.2, -0.15) is 0 Å². The third kappa shape index (κ3) is 2.16. The predicted molar refractivity (Wildman–Crippen MR) is 74.6 cm³/mol. The van der Waals surface area contributed by atoms with E-state index in [-0.39, 0.29) is 17.5 Å². The molecule has 0 aromatic heterocycles. The Balaban J connectivity index is 1.73. The number of fused-ring (bicyclic) bond motifs is 2. The van der Waals surface area contributed by atoms with Crippen LogP contribution in [0.4, 0.5) is 11.4 Å². The average molecular weight is 275 g/mol. The highest BCUT2D eigenvalue weighted by molar-refractivity contribution is 5.95. The van der Waals surface area contributed by atoms with Crippen LogP contribution in [0.15, 0.2) is 24.3 Å². The van der Waals surface area contributed by atoms with Crippen LogP contribution in [0, 0.1) is 16.0 Å². The molecule has 0 aliphatic carbocycles. The molecular weight excluding hydrogens is 258 g/mol. The fourth-order valence-corrected chi connectivity index (χ4v) is 3.27. The fraction of sp³-hybridized carbons (Fsp3) is 0.500. The summed E-state index contributed by atoms with van der Waals surface area (Å²) in [6, 6.07) is 6.89. The third-order valence-corrected chi connectivity index (χ3v) is 4.40. The Hall–Kier alpha value is -1.95. The van der Waals surface area contributed by atoms with Gasteiger partial charge in [-0.25, -0.2) is 0 Å². The number of anilines is 1. The number of rotatable bonds is 3. The summed E-state index contributed by atoms with van der Waals surface area (Å²) in [7, 11) is 1.73. The van der Waals surface area contributed by atoms with Crippen molar-refractivity contribution >= 4 is 17.3 Å². The minimum atomic E-state index is -0.439. The Labute approximate surface area is 116 Å². The highest BCUT2D eigenvalue weighted by Crippen LogP contribution is 2.35. The van der Waals surface area contributed by atoms with Gasteiger partial charge in [-0.05, 0) is 31.4 Å². The Bertz CT molecular complexity index is 543. The fourth-order valence-electron chi connectivity index (χ4n) is 3.27. The van der Waals surface area contributed by atoms with Gasteiger partial charge in [0.15, 0.2) is 0 Å². The molecule has 3 unspecified atom stereocenters. The summed E-state index contributed by atoms with van der Waals surface area (Å²) < 4.78 is 0. The number of carbonyl (C=O) groups excluding carboxylic acids is 1. The number of nitrogens with one attached hydrogen (secondary N) is 1. The largest absolute Gasteiger partial charge is 0.315 e. The van der Waals surface area contributed by atoms with E-state index < -0.39 is 4.92 Å². The molecule has 1 aromatic rings. The molecule has 2 heterocycles. The maximum atomic E-state index is 12.5. The summed E-state index contributed by atoms with van der Waals surface area (Å²) in [5.41, 5.74) is 0.736. The quantitative estimate of drug-likeness (QED) is 0.673. The van der Waals surface area contributed by atoms with Crippen LogP contribution in [0.5, 0.6) is 0 Å². The summed E-state index contributed by atoms with van der Waals surface area (Å²) in [5.74, 6) is 0.132. The van der Waals surface area contributed by atoms with E-state index in [0.29, 0.717) is 17.8 Å². The molecular formula is C14H17N3O3. The van der Waals surface area contributed by atoms with Crippen LogP contribution in [0.3, 0.4) is 0 Å². The van der Waals surface area contributed by atoms with E-state index in [1.165, 1.54) is 12.1 Å². The number of hydrogen-bond acceptors (Lipinski definition) is 4. The van der Waals surface area contributed by atoms with Gasteiger partial charge in [0.25, 0.3) is 5.69 Å². The molecule has 2 bridgehead atoms. The summed E-state index contributed by atoms with van der Waals surface area (Å²) in [6.07, 6.45) is 3.13. The van der Waals surface area contributed by atoms with Gasteiger partial charge in [-0.1, -0.05) is 0 Å². The first-order valence-electron chi connectivity index (χ1n) is 6.84. The molecule has 3 rings (SSSR count). The number of hydrogen-bond donors (Lipinski definition) is 1. The summed E-state index contributed by atoms with van der Waals surface area (Å²) in [4.78, 5) is 24.3. The first-order valence-corrected chi connectivity index (χ1v) is 6.84. The van der Waals surface area contributed by atoms with Crippen molar-refractivity contribution in [1.82, 2.24) is 5.32 Å². The lowest BCUT2D eigenvalue weighted by molar-refractivity contribution is -0.384. The highest BCUT2D eigenvalue weighted by Gasteiger charge is 2.43. The Morgan fingerprint density at radius 2 is 2.05 bits per heavy atom. The van der Waals surface area contributed by atoms with Crippen LogP contribution < -0.4 is 10.2 Å². The maximum absolute atomic E-state index is 12.5. The number of non-ortho nitro benzene ring substituents is 1. The van der Waals surface area contributed by atoms with E-state index in [4.69, 9.17) is 0 Å². The Kier molecular flexibility index (Phi) is 3.17. The molecule has 20 heavy (non-hydrogen) atoms. The molecule has 2 fully saturated rings. The topological polar surface area (TPSA) is 75.5 Å². The van der Waals surface area contributed by atoms with Crippen LogP contribution in [0.2, 0.25) is 0 Å². The number of nitro groups is 1. The van der Waals surface area contributed by atoms with E-state index in [1.807, 2.05) is 0 Å². The number of benzene rings is 1. The lowest BCUT2D eigenvalue weighted by atomic mass is 9.88. The van der Waals surface area contributed by atoms with Crippen LogP contribution in [0.1, 0.15) is 19.3 Å². The van der Waals surface area contributed by atoms with Crippen LogP contribution in [-0.4, -0.2) is 30.0 Å².